The summed E-state index contributed by atoms with van der Waals surface area (Å²) >= 11 is 0. The van der Waals surface area contributed by atoms with Crippen molar-refractivity contribution >= 4 is 0 Å². The second kappa shape index (κ2) is 3.18. The van der Waals surface area contributed by atoms with Gasteiger partial charge in [0.05, 0.1) is 12.1 Å². The smallest absolute Gasteiger partial charge is 0.254 e. The zero-order valence-corrected chi connectivity index (χ0v) is 7.08. The maximum absolute atomic E-state index is 11.0. The van der Waals surface area contributed by atoms with E-state index in [-0.39, 0.29) is 17.5 Å². The molecule has 0 aliphatic carbocycles. The van der Waals surface area contributed by atoms with Crippen LogP contribution >= 0.6 is 0 Å². The summed E-state index contributed by atoms with van der Waals surface area (Å²) in [5.41, 5.74) is -0.309. The predicted octanol–water partition coefficient (Wildman–Crippen LogP) is -0.100. The van der Waals surface area contributed by atoms with Gasteiger partial charge in [0.1, 0.15) is 5.82 Å². The monoisotopic (exact) mass is 181 g/mol. The van der Waals surface area contributed by atoms with Crippen LogP contribution in [0.15, 0.2) is 10.9 Å². The molecular weight excluding hydrogens is 170 g/mol. The van der Waals surface area contributed by atoms with Gasteiger partial charge in [-0.3, -0.25) is 4.79 Å². The molecule has 0 spiro atoms. The summed E-state index contributed by atoms with van der Waals surface area (Å²) in [4.78, 5) is 17.4. The van der Waals surface area contributed by atoms with Gasteiger partial charge in [-0.15, -0.1) is 0 Å². The quantitative estimate of drug-likeness (QED) is 0.565. The lowest BCUT2D eigenvalue weighted by Crippen LogP contribution is -2.19. The van der Waals surface area contributed by atoms with E-state index in [0.717, 1.165) is 25.5 Å². The van der Waals surface area contributed by atoms with E-state index in [0.29, 0.717) is 5.82 Å². The summed E-state index contributed by atoms with van der Waals surface area (Å²) in [6, 6.07) is 1.15. The molecule has 5 heteroatoms. The van der Waals surface area contributed by atoms with Crippen LogP contribution in [0.1, 0.15) is 24.7 Å². The van der Waals surface area contributed by atoms with Gasteiger partial charge >= 0.3 is 0 Å². The van der Waals surface area contributed by atoms with Gasteiger partial charge in [0.25, 0.3) is 5.56 Å². The molecule has 0 bridgehead atoms. The van der Waals surface area contributed by atoms with E-state index >= 15 is 0 Å². The minimum absolute atomic E-state index is 0.0831. The van der Waals surface area contributed by atoms with Crippen LogP contribution in [0.25, 0.3) is 0 Å². The number of aromatic amines is 1. The van der Waals surface area contributed by atoms with E-state index in [1.807, 2.05) is 0 Å². The van der Waals surface area contributed by atoms with Crippen molar-refractivity contribution in [3.05, 3.63) is 22.2 Å². The third-order valence-electron chi connectivity index (χ3n) is 2.14. The summed E-state index contributed by atoms with van der Waals surface area (Å²) in [6.07, 6.45) is 2.02. The summed E-state index contributed by atoms with van der Waals surface area (Å²) in [7, 11) is 0. The normalized spacial score (nSPS) is 22.0. The van der Waals surface area contributed by atoms with Crippen molar-refractivity contribution < 1.29 is 5.11 Å². The van der Waals surface area contributed by atoms with Crippen LogP contribution in [0.5, 0.6) is 5.88 Å². The largest absolute Gasteiger partial charge is 0.493 e. The molecule has 1 aromatic heterocycles. The Kier molecular flexibility index (Phi) is 2.02. The first-order chi connectivity index (χ1) is 6.25. The molecule has 0 aromatic carbocycles. The molecule has 1 atom stereocenters. The van der Waals surface area contributed by atoms with Gasteiger partial charge in [-0.25, -0.2) is 0 Å². The Morgan fingerprint density at radius 3 is 3.08 bits per heavy atom. The van der Waals surface area contributed by atoms with E-state index in [1.54, 1.807) is 0 Å². The number of rotatable bonds is 1. The number of aromatic nitrogens is 2. The minimum Gasteiger partial charge on any atom is -0.493 e. The molecule has 0 amide bonds. The first kappa shape index (κ1) is 8.25. The van der Waals surface area contributed by atoms with Crippen molar-refractivity contribution in [3.63, 3.8) is 0 Å². The minimum atomic E-state index is -0.309. The van der Waals surface area contributed by atoms with Crippen molar-refractivity contribution in [1.29, 1.82) is 0 Å². The highest BCUT2D eigenvalue weighted by atomic mass is 16.3. The number of H-pyrrole nitrogens is 1. The zero-order chi connectivity index (χ0) is 9.26. The van der Waals surface area contributed by atoms with Crippen molar-refractivity contribution in [3.8, 4) is 5.88 Å². The predicted molar refractivity (Wildman–Crippen MR) is 46.5 cm³/mol. The first-order valence-corrected chi connectivity index (χ1v) is 4.29. The van der Waals surface area contributed by atoms with E-state index in [9.17, 15) is 4.79 Å². The van der Waals surface area contributed by atoms with Crippen LogP contribution in [-0.2, 0) is 0 Å². The molecule has 0 radical (unpaired) electrons. The van der Waals surface area contributed by atoms with Gasteiger partial charge < -0.3 is 15.4 Å². The molecule has 1 saturated heterocycles. The average molecular weight is 181 g/mol. The standard InChI is InChI=1S/C8H11N3O2/c12-6-4-7(13)11-8(10-6)5-2-1-3-9-5/h4-5,9H,1-3H2,(H2,10,11,12,13). The lowest BCUT2D eigenvalue weighted by Gasteiger charge is -2.08. The van der Waals surface area contributed by atoms with Gasteiger partial charge in [0.2, 0.25) is 5.88 Å². The molecule has 0 saturated carbocycles. The maximum Gasteiger partial charge on any atom is 0.254 e. The van der Waals surface area contributed by atoms with Gasteiger partial charge in [-0.1, -0.05) is 0 Å². The van der Waals surface area contributed by atoms with Crippen molar-refractivity contribution in [2.45, 2.75) is 18.9 Å². The lowest BCUT2D eigenvalue weighted by atomic mass is 10.2. The number of nitrogens with one attached hydrogen (secondary N) is 2. The molecule has 70 valence electrons. The van der Waals surface area contributed by atoms with Gasteiger partial charge in [-0.05, 0) is 19.4 Å². The Balaban J connectivity index is 2.33. The molecular formula is C8H11N3O2. The number of hydrogen-bond acceptors (Lipinski definition) is 4. The highest BCUT2D eigenvalue weighted by Gasteiger charge is 2.18. The van der Waals surface area contributed by atoms with E-state index in [1.165, 1.54) is 0 Å². The van der Waals surface area contributed by atoms with Crippen LogP contribution in [0.4, 0.5) is 0 Å². The molecule has 1 aromatic rings. The molecule has 2 heterocycles. The Hall–Kier alpha value is -1.36. The summed E-state index contributed by atoms with van der Waals surface area (Å²) < 4.78 is 0. The first-order valence-electron chi connectivity index (χ1n) is 4.29. The number of hydrogen-bond donors (Lipinski definition) is 3. The Bertz CT molecular complexity index is 355. The van der Waals surface area contributed by atoms with Crippen molar-refractivity contribution in [1.82, 2.24) is 15.3 Å². The van der Waals surface area contributed by atoms with Crippen LogP contribution < -0.4 is 10.9 Å². The molecule has 2 rings (SSSR count). The van der Waals surface area contributed by atoms with Gasteiger partial charge in [-0.2, -0.15) is 4.98 Å². The fraction of sp³-hybridized carbons (Fsp3) is 0.500. The third kappa shape index (κ3) is 1.70. The van der Waals surface area contributed by atoms with E-state index in [4.69, 9.17) is 5.11 Å². The third-order valence-corrected chi connectivity index (χ3v) is 2.14. The van der Waals surface area contributed by atoms with Crippen molar-refractivity contribution in [2.75, 3.05) is 6.54 Å². The maximum atomic E-state index is 11.0. The van der Waals surface area contributed by atoms with E-state index < -0.39 is 0 Å². The summed E-state index contributed by atoms with van der Waals surface area (Å²) in [5, 5.41) is 12.3. The SMILES string of the molecule is O=c1cc(O)nc(C2CCCN2)[nH]1. The van der Waals surface area contributed by atoms with Gasteiger partial charge in [0.15, 0.2) is 0 Å². The Morgan fingerprint density at radius 2 is 2.46 bits per heavy atom. The Morgan fingerprint density at radius 1 is 1.62 bits per heavy atom. The molecule has 1 unspecified atom stereocenters. The van der Waals surface area contributed by atoms with Crippen LogP contribution in [0.2, 0.25) is 0 Å². The topological polar surface area (TPSA) is 78.0 Å². The van der Waals surface area contributed by atoms with Crippen LogP contribution in [-0.4, -0.2) is 21.6 Å². The molecule has 1 aliphatic rings. The fourth-order valence-electron chi connectivity index (χ4n) is 1.55. The summed E-state index contributed by atoms with van der Waals surface area (Å²) in [6.45, 7) is 0.935. The molecule has 1 fully saturated rings. The highest BCUT2D eigenvalue weighted by molar-refractivity contribution is 5.09. The fourth-order valence-corrected chi connectivity index (χ4v) is 1.55. The number of aromatic hydroxyl groups is 1. The Labute approximate surface area is 74.8 Å². The molecule has 1 aliphatic heterocycles. The van der Waals surface area contributed by atoms with Crippen LogP contribution in [0.3, 0.4) is 0 Å². The van der Waals surface area contributed by atoms with Crippen LogP contribution in [0, 0.1) is 0 Å². The van der Waals surface area contributed by atoms with Gasteiger partial charge in [0, 0.05) is 0 Å². The zero-order valence-electron chi connectivity index (χ0n) is 7.08. The second-order valence-electron chi connectivity index (χ2n) is 3.14. The highest BCUT2D eigenvalue weighted by Crippen LogP contribution is 2.19. The molecule has 3 N–H and O–H groups in total. The molecule has 13 heavy (non-hydrogen) atoms. The number of nitrogens with zero attached hydrogens (tertiary/aromatic N) is 1. The lowest BCUT2D eigenvalue weighted by molar-refractivity contribution is 0.441. The van der Waals surface area contributed by atoms with Crippen molar-refractivity contribution in [2.24, 2.45) is 0 Å². The average Bonchev–Trinajstić information content (AvgIpc) is 2.53. The molecule has 5 nitrogen and oxygen atoms in total. The summed E-state index contributed by atoms with van der Waals surface area (Å²) in [5.74, 6) is 0.315. The second-order valence-corrected chi connectivity index (χ2v) is 3.14. The van der Waals surface area contributed by atoms with E-state index in [2.05, 4.69) is 15.3 Å².